The van der Waals surface area contributed by atoms with E-state index in [1.54, 1.807) is 6.08 Å². The Hall–Kier alpha value is -1.62. The SMILES string of the molecule is CC1(C)CCC[C@]2(C)[C@@H]3CC[C@H](C(=O)O)[C@@H](/C=C/C4=CC(=O)O[C@@H]4O)[C@]3(C)CC[C@H]12. The smallest absolute Gasteiger partial charge is 0.333 e. The zero-order valence-electron chi connectivity index (χ0n) is 18.7. The highest BCUT2D eigenvalue weighted by Crippen LogP contribution is 2.69. The van der Waals surface area contributed by atoms with Crippen molar-refractivity contribution in [1.82, 2.24) is 0 Å². The number of hydrogen-bond acceptors (Lipinski definition) is 4. The van der Waals surface area contributed by atoms with Crippen molar-refractivity contribution in [3.63, 3.8) is 0 Å². The van der Waals surface area contributed by atoms with Crippen LogP contribution in [0.4, 0.5) is 0 Å². The molecule has 0 bridgehead atoms. The zero-order valence-corrected chi connectivity index (χ0v) is 18.7. The van der Waals surface area contributed by atoms with Gasteiger partial charge in [-0.3, -0.25) is 4.79 Å². The van der Waals surface area contributed by atoms with Crippen LogP contribution in [-0.2, 0) is 14.3 Å². The lowest BCUT2D eigenvalue weighted by molar-refractivity contribution is -0.177. The third-order valence-corrected chi connectivity index (χ3v) is 9.41. The molecule has 0 aromatic heterocycles. The van der Waals surface area contributed by atoms with Crippen LogP contribution in [0.25, 0.3) is 0 Å². The molecule has 0 saturated heterocycles. The van der Waals surface area contributed by atoms with Gasteiger partial charge in [-0.25, -0.2) is 4.79 Å². The molecular formula is C25H36O5. The number of carboxylic acid groups (broad SMARTS) is 1. The number of fused-ring (bicyclic) bond motifs is 3. The minimum atomic E-state index is -1.25. The third kappa shape index (κ3) is 3.24. The van der Waals surface area contributed by atoms with Gasteiger partial charge in [0.25, 0.3) is 0 Å². The number of rotatable bonds is 3. The topological polar surface area (TPSA) is 83.8 Å². The molecule has 0 unspecified atom stereocenters. The Bertz CT molecular complexity index is 795. The van der Waals surface area contributed by atoms with E-state index in [2.05, 4.69) is 27.7 Å². The number of cyclic esters (lactones) is 1. The van der Waals surface area contributed by atoms with Gasteiger partial charge in [-0.1, -0.05) is 46.3 Å². The Morgan fingerprint density at radius 2 is 1.80 bits per heavy atom. The Balaban J connectivity index is 1.70. The molecule has 0 amide bonds. The molecule has 3 fully saturated rings. The molecule has 30 heavy (non-hydrogen) atoms. The maximum absolute atomic E-state index is 12.2. The van der Waals surface area contributed by atoms with Crippen molar-refractivity contribution in [3.8, 4) is 0 Å². The van der Waals surface area contributed by atoms with Crippen molar-refractivity contribution < 1.29 is 24.5 Å². The summed E-state index contributed by atoms with van der Waals surface area (Å²) in [4.78, 5) is 23.6. The molecule has 1 aliphatic heterocycles. The van der Waals surface area contributed by atoms with E-state index in [9.17, 15) is 19.8 Å². The molecule has 166 valence electrons. The molecule has 5 heteroatoms. The molecule has 5 nitrogen and oxygen atoms in total. The van der Waals surface area contributed by atoms with Crippen LogP contribution in [0, 0.1) is 39.9 Å². The molecule has 1 heterocycles. The lowest BCUT2D eigenvalue weighted by Gasteiger charge is -2.66. The Morgan fingerprint density at radius 1 is 1.07 bits per heavy atom. The van der Waals surface area contributed by atoms with Gasteiger partial charge in [0.05, 0.1) is 5.92 Å². The average Bonchev–Trinajstić information content (AvgIpc) is 2.95. The first-order valence-electron chi connectivity index (χ1n) is 11.5. The zero-order chi connectivity index (χ0) is 21.9. The van der Waals surface area contributed by atoms with Crippen LogP contribution in [0.5, 0.6) is 0 Å². The summed E-state index contributed by atoms with van der Waals surface area (Å²) in [6.45, 7) is 9.61. The normalized spacial score (nSPS) is 45.4. The van der Waals surface area contributed by atoms with Crippen LogP contribution in [-0.4, -0.2) is 28.4 Å². The molecule has 3 saturated carbocycles. The van der Waals surface area contributed by atoms with Crippen LogP contribution in [0.2, 0.25) is 0 Å². The van der Waals surface area contributed by atoms with E-state index in [-0.39, 0.29) is 16.7 Å². The predicted molar refractivity (Wildman–Crippen MR) is 113 cm³/mol. The number of carbonyl (C=O) groups excluding carboxylic acids is 1. The maximum Gasteiger partial charge on any atom is 0.333 e. The van der Waals surface area contributed by atoms with Gasteiger partial charge >= 0.3 is 11.9 Å². The quantitative estimate of drug-likeness (QED) is 0.651. The van der Waals surface area contributed by atoms with Crippen molar-refractivity contribution >= 4 is 11.9 Å². The average molecular weight is 417 g/mol. The minimum absolute atomic E-state index is 0.106. The first-order valence-corrected chi connectivity index (χ1v) is 11.5. The summed E-state index contributed by atoms with van der Waals surface area (Å²) in [7, 11) is 0. The maximum atomic E-state index is 12.2. The molecule has 4 rings (SSSR count). The van der Waals surface area contributed by atoms with Gasteiger partial charge in [0, 0.05) is 11.6 Å². The van der Waals surface area contributed by atoms with Gasteiger partial charge in [0.2, 0.25) is 6.29 Å². The van der Waals surface area contributed by atoms with E-state index < -0.39 is 24.1 Å². The molecule has 0 radical (unpaired) electrons. The van der Waals surface area contributed by atoms with Crippen molar-refractivity contribution in [2.24, 2.45) is 39.9 Å². The summed E-state index contributed by atoms with van der Waals surface area (Å²) in [5.41, 5.74) is 0.870. The van der Waals surface area contributed by atoms with Gasteiger partial charge in [-0.2, -0.15) is 0 Å². The number of ether oxygens (including phenoxy) is 1. The van der Waals surface area contributed by atoms with E-state index in [0.29, 0.717) is 29.2 Å². The molecule has 0 spiro atoms. The highest BCUT2D eigenvalue weighted by Gasteiger charge is 2.62. The van der Waals surface area contributed by atoms with Gasteiger partial charge in [0.1, 0.15) is 0 Å². The summed E-state index contributed by atoms with van der Waals surface area (Å²) in [6, 6.07) is 0. The summed E-state index contributed by atoms with van der Waals surface area (Å²) in [5, 5.41) is 19.9. The molecule has 3 aliphatic carbocycles. The largest absolute Gasteiger partial charge is 0.481 e. The lowest BCUT2D eigenvalue weighted by atomic mass is 9.38. The Kier molecular flexibility index (Phi) is 5.20. The standard InChI is InChI=1S/C25H36O5/c1-23(2)11-5-12-25(4)18(23)10-13-24(3)17(16(21(27)28)7-9-19(24)25)8-6-15-14-20(26)30-22(15)29/h6,8,14,16-19,22,29H,5,7,9-13H2,1-4H3,(H,27,28)/b8-6+/t16-,17+,18+,19+,22-,24-,25-/m0/s1. The van der Waals surface area contributed by atoms with E-state index in [1.807, 2.05) is 6.08 Å². The van der Waals surface area contributed by atoms with Crippen LogP contribution < -0.4 is 0 Å². The van der Waals surface area contributed by atoms with Gasteiger partial charge in [0.15, 0.2) is 0 Å². The lowest BCUT2D eigenvalue weighted by Crippen LogP contribution is -2.59. The van der Waals surface area contributed by atoms with E-state index in [0.717, 1.165) is 19.3 Å². The number of carbonyl (C=O) groups is 2. The second kappa shape index (κ2) is 7.22. The van der Waals surface area contributed by atoms with Gasteiger partial charge < -0.3 is 14.9 Å². The van der Waals surface area contributed by atoms with Crippen molar-refractivity contribution in [3.05, 3.63) is 23.8 Å². The Morgan fingerprint density at radius 3 is 2.43 bits per heavy atom. The monoisotopic (exact) mass is 416 g/mol. The van der Waals surface area contributed by atoms with E-state index >= 15 is 0 Å². The fraction of sp³-hybridized carbons (Fsp3) is 0.760. The predicted octanol–water partition coefficient (Wildman–Crippen LogP) is 4.70. The summed E-state index contributed by atoms with van der Waals surface area (Å²) in [6.07, 6.45) is 11.3. The minimum Gasteiger partial charge on any atom is -0.481 e. The number of aliphatic hydroxyl groups excluding tert-OH is 1. The number of aliphatic carboxylic acids is 1. The van der Waals surface area contributed by atoms with Crippen molar-refractivity contribution in [2.75, 3.05) is 0 Å². The molecular weight excluding hydrogens is 380 g/mol. The van der Waals surface area contributed by atoms with Crippen LogP contribution in [0.3, 0.4) is 0 Å². The number of allylic oxidation sites excluding steroid dienone is 1. The summed E-state index contributed by atoms with van der Waals surface area (Å²) in [5.74, 6) is -0.700. The first-order chi connectivity index (χ1) is 14.0. The van der Waals surface area contributed by atoms with E-state index in [4.69, 9.17) is 4.74 Å². The fourth-order valence-electron chi connectivity index (χ4n) is 8.13. The van der Waals surface area contributed by atoms with Crippen LogP contribution >= 0.6 is 0 Å². The summed E-state index contributed by atoms with van der Waals surface area (Å²) >= 11 is 0. The first kappa shape index (κ1) is 21.6. The second-order valence-electron chi connectivity index (χ2n) is 11.3. The third-order valence-electron chi connectivity index (χ3n) is 9.41. The molecule has 7 atom stereocenters. The number of aliphatic hydroxyl groups is 1. The van der Waals surface area contributed by atoms with Crippen molar-refractivity contribution in [1.29, 1.82) is 0 Å². The van der Waals surface area contributed by atoms with Crippen molar-refractivity contribution in [2.45, 2.75) is 78.9 Å². The molecule has 4 aliphatic rings. The highest BCUT2D eigenvalue weighted by atomic mass is 16.6. The molecule has 0 aromatic carbocycles. The fourth-order valence-corrected chi connectivity index (χ4v) is 8.13. The summed E-state index contributed by atoms with van der Waals surface area (Å²) < 4.78 is 4.79. The van der Waals surface area contributed by atoms with Gasteiger partial charge in [-0.15, -0.1) is 0 Å². The van der Waals surface area contributed by atoms with E-state index in [1.165, 1.54) is 25.3 Å². The second-order valence-corrected chi connectivity index (χ2v) is 11.3. The van der Waals surface area contributed by atoms with Crippen LogP contribution in [0.1, 0.15) is 72.6 Å². The van der Waals surface area contributed by atoms with Crippen LogP contribution in [0.15, 0.2) is 23.8 Å². The molecule has 2 N–H and O–H groups in total. The van der Waals surface area contributed by atoms with Gasteiger partial charge in [-0.05, 0) is 72.5 Å². The Labute approximate surface area is 179 Å². The molecule has 0 aromatic rings. The highest BCUT2D eigenvalue weighted by molar-refractivity contribution is 5.86. The number of esters is 1. The number of carboxylic acids is 1. The number of hydrogen-bond donors (Lipinski definition) is 2.